The lowest BCUT2D eigenvalue weighted by molar-refractivity contribution is 0.281. The standard InChI is InChI=1S/C13H12O6/c1-19-9-4-7-2-6(5-14)3-8(15)11(16)10(7)13(18)12(9)17/h2-4,14,17-18H,5H2,1H3,(H,15,16). The molecule has 4 N–H and O–H groups in total. The first-order valence-corrected chi connectivity index (χ1v) is 5.39. The molecule has 6 heteroatoms. The van der Waals surface area contributed by atoms with Crippen LogP contribution in [0.4, 0.5) is 0 Å². The fourth-order valence-corrected chi connectivity index (χ4v) is 1.86. The Kier molecular flexibility index (Phi) is 3.18. The van der Waals surface area contributed by atoms with Gasteiger partial charge in [0.1, 0.15) is 0 Å². The molecule has 0 aliphatic heterocycles. The minimum Gasteiger partial charge on any atom is -0.504 e. The van der Waals surface area contributed by atoms with Crippen LogP contribution in [-0.2, 0) is 6.61 Å². The van der Waals surface area contributed by atoms with Crippen molar-refractivity contribution in [2.45, 2.75) is 6.61 Å². The number of hydrogen-bond donors (Lipinski definition) is 4. The molecule has 0 unspecified atom stereocenters. The first-order chi connectivity index (χ1) is 8.99. The minimum atomic E-state index is -0.842. The van der Waals surface area contributed by atoms with Crippen molar-refractivity contribution in [3.8, 4) is 23.0 Å². The molecule has 0 amide bonds. The molecular formula is C13H12O6. The van der Waals surface area contributed by atoms with Gasteiger partial charge in [-0.1, -0.05) is 0 Å². The van der Waals surface area contributed by atoms with Gasteiger partial charge >= 0.3 is 0 Å². The smallest absolute Gasteiger partial charge is 0.231 e. The quantitative estimate of drug-likeness (QED) is 0.598. The molecule has 0 saturated carbocycles. The predicted octanol–water partition coefficient (Wildman–Crippen LogP) is 0.818. The van der Waals surface area contributed by atoms with E-state index in [1.54, 1.807) is 0 Å². The van der Waals surface area contributed by atoms with Gasteiger partial charge in [-0.3, -0.25) is 4.79 Å². The highest BCUT2D eigenvalue weighted by Crippen LogP contribution is 2.40. The third-order valence-corrected chi connectivity index (χ3v) is 2.79. The Morgan fingerprint density at radius 2 is 1.79 bits per heavy atom. The molecule has 2 aromatic carbocycles. The zero-order valence-electron chi connectivity index (χ0n) is 10.0. The minimum absolute atomic E-state index is 0.0148. The Bertz CT molecular complexity index is 708. The Labute approximate surface area is 107 Å². The molecule has 0 bridgehead atoms. The molecular weight excluding hydrogens is 252 g/mol. The molecule has 0 aliphatic carbocycles. The molecule has 0 heterocycles. The van der Waals surface area contributed by atoms with Crippen molar-refractivity contribution in [3.05, 3.63) is 34.0 Å². The fraction of sp³-hybridized carbons (Fsp3) is 0.154. The first kappa shape index (κ1) is 13.0. The number of aromatic hydroxyl groups is 3. The number of fused-ring (bicyclic) bond motifs is 1. The number of ether oxygens (including phenoxy) is 1. The molecule has 0 fully saturated rings. The molecule has 2 rings (SSSR count). The second-order valence-corrected chi connectivity index (χ2v) is 3.98. The lowest BCUT2D eigenvalue weighted by Crippen LogP contribution is -1.98. The average molecular weight is 264 g/mol. The van der Waals surface area contributed by atoms with Crippen LogP contribution in [-0.4, -0.2) is 27.5 Å². The van der Waals surface area contributed by atoms with E-state index < -0.39 is 22.7 Å². The summed E-state index contributed by atoms with van der Waals surface area (Å²) in [5.41, 5.74) is -0.554. The van der Waals surface area contributed by atoms with E-state index in [2.05, 4.69) is 0 Å². The maximum Gasteiger partial charge on any atom is 0.231 e. The van der Waals surface area contributed by atoms with Crippen molar-refractivity contribution in [3.63, 3.8) is 0 Å². The van der Waals surface area contributed by atoms with Crippen molar-refractivity contribution < 1.29 is 25.2 Å². The van der Waals surface area contributed by atoms with E-state index in [1.807, 2.05) is 0 Å². The lowest BCUT2D eigenvalue weighted by atomic mass is 10.1. The number of phenols is 2. The number of methoxy groups -OCH3 is 1. The van der Waals surface area contributed by atoms with Crippen LogP contribution in [0.15, 0.2) is 23.0 Å². The van der Waals surface area contributed by atoms with E-state index in [-0.39, 0.29) is 28.7 Å². The van der Waals surface area contributed by atoms with Crippen LogP contribution in [0, 0.1) is 0 Å². The highest BCUT2D eigenvalue weighted by atomic mass is 16.5. The molecule has 0 aliphatic rings. The van der Waals surface area contributed by atoms with E-state index in [4.69, 9.17) is 9.84 Å². The zero-order valence-corrected chi connectivity index (χ0v) is 10.0. The molecule has 0 atom stereocenters. The Balaban J connectivity index is 3.06. The second kappa shape index (κ2) is 4.66. The van der Waals surface area contributed by atoms with Crippen molar-refractivity contribution >= 4 is 10.8 Å². The van der Waals surface area contributed by atoms with Crippen LogP contribution >= 0.6 is 0 Å². The third-order valence-electron chi connectivity index (χ3n) is 2.79. The lowest BCUT2D eigenvalue weighted by Gasteiger charge is -2.06. The summed E-state index contributed by atoms with van der Waals surface area (Å²) in [6.07, 6.45) is 0. The number of aliphatic hydroxyl groups is 1. The molecule has 0 aromatic heterocycles. The number of hydrogen-bond acceptors (Lipinski definition) is 6. The maximum atomic E-state index is 11.9. The van der Waals surface area contributed by atoms with E-state index in [9.17, 15) is 20.1 Å². The number of aliphatic hydroxyl groups excluding tert-OH is 1. The van der Waals surface area contributed by atoms with Crippen LogP contribution in [0.2, 0.25) is 0 Å². The molecule has 6 nitrogen and oxygen atoms in total. The SMILES string of the molecule is COc1cc2cc(CO)cc(O)c(=O)c2c(O)c1O. The van der Waals surface area contributed by atoms with E-state index in [0.29, 0.717) is 0 Å². The summed E-state index contributed by atoms with van der Waals surface area (Å²) in [7, 11) is 1.30. The number of phenolic OH excluding ortho intramolecular Hbond substituents is 2. The van der Waals surface area contributed by atoms with Gasteiger partial charge in [0.25, 0.3) is 0 Å². The maximum absolute atomic E-state index is 11.9. The topological polar surface area (TPSA) is 107 Å². The van der Waals surface area contributed by atoms with Gasteiger partial charge in [-0.05, 0) is 29.1 Å². The van der Waals surface area contributed by atoms with Crippen LogP contribution in [0.1, 0.15) is 5.56 Å². The van der Waals surface area contributed by atoms with Crippen molar-refractivity contribution in [1.82, 2.24) is 0 Å². The van der Waals surface area contributed by atoms with E-state index in [1.165, 1.54) is 19.2 Å². The molecule has 100 valence electrons. The molecule has 0 radical (unpaired) electrons. The Morgan fingerprint density at radius 1 is 1.11 bits per heavy atom. The highest BCUT2D eigenvalue weighted by Gasteiger charge is 2.16. The second-order valence-electron chi connectivity index (χ2n) is 3.98. The summed E-state index contributed by atoms with van der Waals surface area (Å²) < 4.78 is 4.87. The Morgan fingerprint density at radius 3 is 2.37 bits per heavy atom. The van der Waals surface area contributed by atoms with Gasteiger partial charge in [0.15, 0.2) is 17.2 Å². The normalized spacial score (nSPS) is 10.6. The van der Waals surface area contributed by atoms with Gasteiger partial charge in [-0.15, -0.1) is 0 Å². The monoisotopic (exact) mass is 264 g/mol. The molecule has 0 saturated heterocycles. The largest absolute Gasteiger partial charge is 0.504 e. The van der Waals surface area contributed by atoms with E-state index >= 15 is 0 Å². The summed E-state index contributed by atoms with van der Waals surface area (Å²) in [5.74, 6) is -1.89. The molecule has 19 heavy (non-hydrogen) atoms. The number of benzene rings is 1. The Hall–Kier alpha value is -2.47. The summed E-state index contributed by atoms with van der Waals surface area (Å²) in [4.78, 5) is 11.9. The van der Waals surface area contributed by atoms with Gasteiger partial charge in [0.05, 0.1) is 19.1 Å². The first-order valence-electron chi connectivity index (χ1n) is 5.39. The third kappa shape index (κ3) is 2.02. The summed E-state index contributed by atoms with van der Waals surface area (Å²) in [5, 5.41) is 38.2. The van der Waals surface area contributed by atoms with Crippen molar-refractivity contribution in [1.29, 1.82) is 0 Å². The van der Waals surface area contributed by atoms with Gasteiger partial charge in [-0.2, -0.15) is 0 Å². The molecule has 0 spiro atoms. The van der Waals surface area contributed by atoms with Gasteiger partial charge < -0.3 is 25.2 Å². The zero-order chi connectivity index (χ0) is 14.2. The van der Waals surface area contributed by atoms with Gasteiger partial charge in [0.2, 0.25) is 11.2 Å². The summed E-state index contributed by atoms with van der Waals surface area (Å²) in [6, 6.07) is 3.85. The number of rotatable bonds is 2. The van der Waals surface area contributed by atoms with E-state index in [0.717, 1.165) is 6.07 Å². The predicted molar refractivity (Wildman–Crippen MR) is 67.7 cm³/mol. The summed E-state index contributed by atoms with van der Waals surface area (Å²) >= 11 is 0. The average Bonchev–Trinajstić information content (AvgIpc) is 2.52. The van der Waals surface area contributed by atoms with Crippen LogP contribution in [0.5, 0.6) is 23.0 Å². The summed E-state index contributed by atoms with van der Waals surface area (Å²) in [6.45, 7) is -0.388. The van der Waals surface area contributed by atoms with Crippen molar-refractivity contribution in [2.75, 3.05) is 7.11 Å². The molecule has 2 aromatic rings. The van der Waals surface area contributed by atoms with Crippen LogP contribution in [0.25, 0.3) is 10.8 Å². The van der Waals surface area contributed by atoms with Crippen LogP contribution in [0.3, 0.4) is 0 Å². The fourth-order valence-electron chi connectivity index (χ4n) is 1.86. The van der Waals surface area contributed by atoms with Crippen molar-refractivity contribution in [2.24, 2.45) is 0 Å². The van der Waals surface area contributed by atoms with Gasteiger partial charge in [-0.25, -0.2) is 0 Å². The van der Waals surface area contributed by atoms with Crippen LogP contribution < -0.4 is 10.2 Å². The highest BCUT2D eigenvalue weighted by molar-refractivity contribution is 5.93. The van der Waals surface area contributed by atoms with Gasteiger partial charge in [0, 0.05) is 0 Å².